The van der Waals surface area contributed by atoms with Crippen LogP contribution in [0.25, 0.3) is 6.08 Å². The molecule has 0 radical (unpaired) electrons. The fourth-order valence-electron chi connectivity index (χ4n) is 1.91. The number of hydrogen-bond acceptors (Lipinski definition) is 4. The van der Waals surface area contributed by atoms with Crippen LogP contribution in [0.2, 0.25) is 0 Å². The van der Waals surface area contributed by atoms with Crippen molar-refractivity contribution >= 4 is 34.6 Å². The van der Waals surface area contributed by atoms with Gasteiger partial charge in [-0.25, -0.2) is 4.99 Å². The Morgan fingerprint density at radius 2 is 1.82 bits per heavy atom. The summed E-state index contributed by atoms with van der Waals surface area (Å²) >= 11 is 1.30. The minimum Gasteiger partial charge on any atom is -0.300 e. The maximum absolute atomic E-state index is 12.0. The summed E-state index contributed by atoms with van der Waals surface area (Å²) < 4.78 is 0. The third-order valence-electron chi connectivity index (χ3n) is 2.98. The topological polar surface area (TPSA) is 65.2 Å². The van der Waals surface area contributed by atoms with Crippen LogP contribution in [0.15, 0.2) is 64.5 Å². The fraction of sp³-hybridized carbons (Fsp3) is 0. The zero-order valence-corrected chi connectivity index (χ0v) is 12.3. The summed E-state index contributed by atoms with van der Waals surface area (Å²) in [4.78, 5) is 16.9. The molecule has 1 aliphatic heterocycles. The van der Waals surface area contributed by atoms with Crippen LogP contribution in [0.4, 0.5) is 5.69 Å². The van der Waals surface area contributed by atoms with Crippen molar-refractivity contribution in [2.45, 2.75) is 0 Å². The van der Waals surface area contributed by atoms with Gasteiger partial charge in [0.2, 0.25) is 0 Å². The molecule has 2 aromatic carbocycles. The van der Waals surface area contributed by atoms with Crippen molar-refractivity contribution in [3.05, 3.63) is 70.6 Å². The number of rotatable bonds is 2. The third kappa shape index (κ3) is 3.25. The first kappa shape index (κ1) is 14.1. The van der Waals surface area contributed by atoms with E-state index in [1.54, 1.807) is 18.2 Å². The molecular weight excluding hydrogens is 294 g/mol. The van der Waals surface area contributed by atoms with Crippen molar-refractivity contribution < 1.29 is 4.79 Å². The largest absolute Gasteiger partial charge is 0.300 e. The molecule has 1 heterocycles. The quantitative estimate of drug-likeness (QED) is 0.864. The van der Waals surface area contributed by atoms with Crippen LogP contribution in [-0.4, -0.2) is 11.1 Å². The van der Waals surface area contributed by atoms with Crippen molar-refractivity contribution in [1.82, 2.24) is 5.32 Å². The van der Waals surface area contributed by atoms with Gasteiger partial charge in [0, 0.05) is 0 Å². The number of amidine groups is 1. The lowest BCUT2D eigenvalue weighted by Gasteiger charge is -1.95. The number of nitriles is 1. The predicted molar refractivity (Wildman–Crippen MR) is 88.4 cm³/mol. The molecule has 5 heteroatoms. The highest BCUT2D eigenvalue weighted by atomic mass is 32.2. The number of nitrogens with zero attached hydrogens (tertiary/aromatic N) is 2. The van der Waals surface area contributed by atoms with Crippen LogP contribution in [0.5, 0.6) is 0 Å². The molecule has 1 saturated heterocycles. The van der Waals surface area contributed by atoms with Gasteiger partial charge in [-0.3, -0.25) is 4.79 Å². The number of hydrogen-bond donors (Lipinski definition) is 1. The van der Waals surface area contributed by atoms with E-state index in [4.69, 9.17) is 5.26 Å². The molecule has 106 valence electrons. The molecule has 22 heavy (non-hydrogen) atoms. The van der Waals surface area contributed by atoms with E-state index in [0.717, 1.165) is 11.3 Å². The van der Waals surface area contributed by atoms with Crippen molar-refractivity contribution in [3.8, 4) is 6.07 Å². The zero-order valence-electron chi connectivity index (χ0n) is 11.5. The van der Waals surface area contributed by atoms with Gasteiger partial charge in [0.1, 0.15) is 0 Å². The highest BCUT2D eigenvalue weighted by Gasteiger charge is 2.23. The summed E-state index contributed by atoms with van der Waals surface area (Å²) in [5.41, 5.74) is 2.26. The molecule has 0 aliphatic carbocycles. The van der Waals surface area contributed by atoms with E-state index in [9.17, 15) is 4.79 Å². The van der Waals surface area contributed by atoms with Crippen molar-refractivity contribution in [3.63, 3.8) is 0 Å². The lowest BCUT2D eigenvalue weighted by molar-refractivity contribution is -0.115. The molecule has 1 aliphatic rings. The van der Waals surface area contributed by atoms with Crippen LogP contribution >= 0.6 is 11.8 Å². The summed E-state index contributed by atoms with van der Waals surface area (Å²) in [5, 5.41) is 12.1. The van der Waals surface area contributed by atoms with Crippen molar-refractivity contribution in [2.24, 2.45) is 4.99 Å². The summed E-state index contributed by atoms with van der Waals surface area (Å²) in [6.07, 6.45) is 1.79. The monoisotopic (exact) mass is 305 g/mol. The molecule has 1 N–H and O–H groups in total. The van der Waals surface area contributed by atoms with E-state index < -0.39 is 0 Å². The highest BCUT2D eigenvalue weighted by Crippen LogP contribution is 2.27. The summed E-state index contributed by atoms with van der Waals surface area (Å²) in [6.45, 7) is 0. The molecule has 1 fully saturated rings. The SMILES string of the molecule is N#Cc1ccc(/C=C2\SC(=Nc3ccccc3)NC2=O)cc1. The standard InChI is InChI=1S/C17H11N3OS/c18-11-13-8-6-12(7-9-13)10-15-16(21)20-17(22-15)19-14-4-2-1-3-5-14/h1-10H,(H,19,20,21)/b15-10-. The Balaban J connectivity index is 1.81. The van der Waals surface area contributed by atoms with Gasteiger partial charge < -0.3 is 5.32 Å². The third-order valence-corrected chi connectivity index (χ3v) is 3.89. The Hall–Kier alpha value is -2.84. The summed E-state index contributed by atoms with van der Waals surface area (Å²) in [5.74, 6) is -0.163. The van der Waals surface area contributed by atoms with Gasteiger partial charge >= 0.3 is 0 Å². The molecule has 0 bridgehead atoms. The van der Waals surface area contributed by atoms with E-state index in [1.165, 1.54) is 11.8 Å². The Bertz CT molecular complexity index is 802. The normalized spacial score (nSPS) is 17.5. The number of aliphatic imine (C=N–C) groups is 1. The van der Waals surface area contributed by atoms with Crippen LogP contribution < -0.4 is 5.32 Å². The molecule has 0 atom stereocenters. The summed E-state index contributed by atoms with van der Waals surface area (Å²) in [7, 11) is 0. The average Bonchev–Trinajstić information content (AvgIpc) is 2.88. The lowest BCUT2D eigenvalue weighted by Crippen LogP contribution is -2.19. The van der Waals surface area contributed by atoms with Crippen LogP contribution in [0.1, 0.15) is 11.1 Å². The summed E-state index contributed by atoms with van der Waals surface area (Å²) in [6, 6.07) is 18.6. The Morgan fingerprint density at radius 1 is 1.09 bits per heavy atom. The Kier molecular flexibility index (Phi) is 4.03. The molecule has 0 spiro atoms. The number of nitrogens with one attached hydrogen (secondary N) is 1. The number of benzene rings is 2. The van der Waals surface area contributed by atoms with Crippen LogP contribution in [-0.2, 0) is 4.79 Å². The van der Waals surface area contributed by atoms with Crippen LogP contribution in [0.3, 0.4) is 0 Å². The molecule has 2 aromatic rings. The Labute approximate surface area is 132 Å². The van der Waals surface area contributed by atoms with E-state index in [0.29, 0.717) is 15.6 Å². The van der Waals surface area contributed by atoms with Gasteiger partial charge in [0.15, 0.2) is 5.17 Å². The minimum atomic E-state index is -0.163. The van der Waals surface area contributed by atoms with E-state index in [2.05, 4.69) is 16.4 Å². The molecule has 4 nitrogen and oxygen atoms in total. The number of amides is 1. The van der Waals surface area contributed by atoms with Crippen LogP contribution in [0, 0.1) is 11.3 Å². The second-order valence-electron chi connectivity index (χ2n) is 4.55. The Morgan fingerprint density at radius 3 is 2.50 bits per heavy atom. The first-order chi connectivity index (χ1) is 10.7. The predicted octanol–water partition coefficient (Wildman–Crippen LogP) is 3.45. The molecule has 3 rings (SSSR count). The average molecular weight is 305 g/mol. The van der Waals surface area contributed by atoms with E-state index in [-0.39, 0.29) is 5.91 Å². The number of thioether (sulfide) groups is 1. The first-order valence-electron chi connectivity index (χ1n) is 6.59. The number of carbonyl (C=O) groups is 1. The second kappa shape index (κ2) is 6.29. The van der Waals surface area contributed by atoms with E-state index in [1.807, 2.05) is 42.5 Å². The smallest absolute Gasteiger partial charge is 0.264 e. The molecule has 1 amide bonds. The number of carbonyl (C=O) groups excluding carboxylic acids is 1. The maximum Gasteiger partial charge on any atom is 0.264 e. The molecule has 0 aromatic heterocycles. The first-order valence-corrected chi connectivity index (χ1v) is 7.41. The van der Waals surface area contributed by atoms with Crippen molar-refractivity contribution in [2.75, 3.05) is 0 Å². The number of para-hydroxylation sites is 1. The molecule has 0 unspecified atom stereocenters. The highest BCUT2D eigenvalue weighted by molar-refractivity contribution is 8.18. The minimum absolute atomic E-state index is 0.163. The molecular formula is C17H11N3OS. The molecule has 0 saturated carbocycles. The lowest BCUT2D eigenvalue weighted by atomic mass is 10.1. The van der Waals surface area contributed by atoms with Gasteiger partial charge in [0.05, 0.1) is 22.2 Å². The van der Waals surface area contributed by atoms with Gasteiger partial charge in [0.25, 0.3) is 5.91 Å². The fourth-order valence-corrected chi connectivity index (χ4v) is 2.75. The zero-order chi connectivity index (χ0) is 15.4. The van der Waals surface area contributed by atoms with Gasteiger partial charge in [-0.15, -0.1) is 0 Å². The maximum atomic E-state index is 12.0. The second-order valence-corrected chi connectivity index (χ2v) is 5.58. The van der Waals surface area contributed by atoms with Gasteiger partial charge in [-0.1, -0.05) is 30.3 Å². The van der Waals surface area contributed by atoms with Crippen molar-refractivity contribution in [1.29, 1.82) is 5.26 Å². The van der Waals surface area contributed by atoms with Gasteiger partial charge in [-0.2, -0.15) is 5.26 Å². The van der Waals surface area contributed by atoms with Gasteiger partial charge in [-0.05, 0) is 47.7 Å². The van der Waals surface area contributed by atoms with E-state index >= 15 is 0 Å².